The number of benzene rings is 6. The van der Waals surface area contributed by atoms with Crippen molar-refractivity contribution in [3.63, 3.8) is 0 Å². The van der Waals surface area contributed by atoms with E-state index in [2.05, 4.69) is 91.0 Å². The summed E-state index contributed by atoms with van der Waals surface area (Å²) in [5, 5.41) is 0. The van der Waals surface area contributed by atoms with E-state index in [0.29, 0.717) is 4.90 Å². The van der Waals surface area contributed by atoms with Crippen LogP contribution in [0.25, 0.3) is 33.5 Å². The van der Waals surface area contributed by atoms with E-state index >= 15 is 4.21 Å². The molecule has 2 nitrogen and oxygen atoms in total. The van der Waals surface area contributed by atoms with Crippen LogP contribution in [-0.2, 0) is 9.73 Å². The van der Waals surface area contributed by atoms with Crippen LogP contribution in [0, 0.1) is 0 Å². The van der Waals surface area contributed by atoms with Gasteiger partial charge in [-0.15, -0.1) is 0 Å². The quantitative estimate of drug-likeness (QED) is 0.212. The average molecular weight is 546 g/mol. The fourth-order valence-electron chi connectivity index (χ4n) is 5.50. The van der Waals surface area contributed by atoms with Crippen LogP contribution in [0.5, 0.6) is 0 Å². The average Bonchev–Trinajstić information content (AvgIpc) is 3.06. The third kappa shape index (κ3) is 4.61. The lowest BCUT2D eigenvalue weighted by Crippen LogP contribution is -2.12. The van der Waals surface area contributed by atoms with Gasteiger partial charge >= 0.3 is 0 Å². The first-order chi connectivity index (χ1) is 20.2. The van der Waals surface area contributed by atoms with Crippen molar-refractivity contribution in [3.8, 4) is 22.3 Å². The SMILES string of the molecule is O=S1(c2ccccc2)=NC(c2cccc(-c3ccccc3)c2)=C(c2cccc(-c3ccccc3)c2)c2ccccc21. The Morgan fingerprint density at radius 1 is 0.415 bits per heavy atom. The second-order valence-electron chi connectivity index (χ2n) is 10.0. The molecule has 0 radical (unpaired) electrons. The minimum atomic E-state index is -2.94. The molecule has 0 spiro atoms. The molecule has 0 aromatic heterocycles. The number of fused-ring (bicyclic) bond motifs is 1. The first-order valence-corrected chi connectivity index (χ1v) is 15.2. The maximum absolute atomic E-state index is 15.0. The molecular formula is C38H27NOS. The number of hydrogen-bond acceptors (Lipinski definition) is 2. The van der Waals surface area contributed by atoms with E-state index in [1.54, 1.807) is 0 Å². The fourth-order valence-corrected chi connectivity index (χ4v) is 7.67. The van der Waals surface area contributed by atoms with Crippen LogP contribution >= 0.6 is 0 Å². The molecule has 41 heavy (non-hydrogen) atoms. The van der Waals surface area contributed by atoms with Crippen molar-refractivity contribution in [2.75, 3.05) is 0 Å². The zero-order valence-electron chi connectivity index (χ0n) is 22.4. The fraction of sp³-hybridized carbons (Fsp3) is 0. The Balaban J connectivity index is 1.55. The molecule has 7 rings (SSSR count). The summed E-state index contributed by atoms with van der Waals surface area (Å²) in [4.78, 5) is 1.45. The van der Waals surface area contributed by atoms with Crippen LogP contribution < -0.4 is 0 Å². The monoisotopic (exact) mass is 545 g/mol. The van der Waals surface area contributed by atoms with Crippen molar-refractivity contribution in [2.24, 2.45) is 4.36 Å². The lowest BCUT2D eigenvalue weighted by molar-refractivity contribution is 0.676. The maximum Gasteiger partial charge on any atom is 0.109 e. The van der Waals surface area contributed by atoms with Crippen molar-refractivity contribution in [2.45, 2.75) is 9.79 Å². The number of nitrogens with zero attached hydrogens (tertiary/aromatic N) is 1. The molecule has 0 aliphatic carbocycles. The van der Waals surface area contributed by atoms with Gasteiger partial charge in [0.2, 0.25) is 0 Å². The summed E-state index contributed by atoms with van der Waals surface area (Å²) >= 11 is 0. The normalized spacial score (nSPS) is 16.1. The summed E-state index contributed by atoms with van der Waals surface area (Å²) in [5.74, 6) is 0. The van der Waals surface area contributed by atoms with Gasteiger partial charge in [0.15, 0.2) is 0 Å². The largest absolute Gasteiger partial charge is 0.239 e. The first kappa shape index (κ1) is 25.0. The van der Waals surface area contributed by atoms with Crippen molar-refractivity contribution in [3.05, 3.63) is 180 Å². The Kier molecular flexibility index (Phi) is 6.42. The highest BCUT2D eigenvalue weighted by Gasteiger charge is 2.29. The highest BCUT2D eigenvalue weighted by Crippen LogP contribution is 2.45. The van der Waals surface area contributed by atoms with Gasteiger partial charge in [0, 0.05) is 16.7 Å². The predicted octanol–water partition coefficient (Wildman–Crippen LogP) is 9.84. The Hall–Kier alpha value is -4.99. The van der Waals surface area contributed by atoms with E-state index in [1.807, 2.05) is 72.8 Å². The van der Waals surface area contributed by atoms with E-state index in [1.165, 1.54) is 0 Å². The van der Waals surface area contributed by atoms with Crippen LogP contribution in [0.4, 0.5) is 0 Å². The molecule has 1 aliphatic heterocycles. The van der Waals surface area contributed by atoms with Crippen LogP contribution in [0.1, 0.15) is 16.7 Å². The minimum absolute atomic E-state index is 0.709. The summed E-state index contributed by atoms with van der Waals surface area (Å²) in [6, 6.07) is 55.4. The highest BCUT2D eigenvalue weighted by atomic mass is 32.2. The van der Waals surface area contributed by atoms with E-state index in [0.717, 1.165) is 55.1 Å². The highest BCUT2D eigenvalue weighted by molar-refractivity contribution is 7.94. The lowest BCUT2D eigenvalue weighted by atomic mass is 9.90. The molecule has 0 fully saturated rings. The Bertz CT molecular complexity index is 2020. The molecule has 1 unspecified atom stereocenters. The summed E-state index contributed by atoms with van der Waals surface area (Å²) in [6.45, 7) is 0. The molecule has 6 aromatic carbocycles. The van der Waals surface area contributed by atoms with Crippen molar-refractivity contribution in [1.29, 1.82) is 0 Å². The molecule has 0 amide bonds. The van der Waals surface area contributed by atoms with Crippen molar-refractivity contribution >= 4 is 21.0 Å². The molecule has 196 valence electrons. The topological polar surface area (TPSA) is 29.4 Å². The molecule has 1 atom stereocenters. The molecular weight excluding hydrogens is 518 g/mol. The van der Waals surface area contributed by atoms with Gasteiger partial charge in [-0.3, -0.25) is 0 Å². The standard InChI is InChI=1S/C38H27NOS/c40-41(34-22-8-3-9-23-34)36-25-11-10-24-35(36)37(32-20-12-18-30(26-32)28-14-4-1-5-15-28)38(39-41)33-21-13-19-31(27-33)29-16-6-2-7-17-29/h1-27H. The van der Waals surface area contributed by atoms with Crippen LogP contribution in [0.3, 0.4) is 0 Å². The summed E-state index contributed by atoms with van der Waals surface area (Å²) in [6.07, 6.45) is 0. The summed E-state index contributed by atoms with van der Waals surface area (Å²) in [5.41, 5.74) is 9.13. The van der Waals surface area contributed by atoms with Crippen LogP contribution in [0.2, 0.25) is 0 Å². The van der Waals surface area contributed by atoms with Crippen molar-refractivity contribution < 1.29 is 4.21 Å². The molecule has 0 saturated heterocycles. The summed E-state index contributed by atoms with van der Waals surface area (Å²) < 4.78 is 20.2. The smallest absolute Gasteiger partial charge is 0.109 e. The minimum Gasteiger partial charge on any atom is -0.239 e. The second-order valence-corrected chi connectivity index (χ2v) is 12.2. The van der Waals surface area contributed by atoms with Crippen molar-refractivity contribution in [1.82, 2.24) is 0 Å². The van der Waals surface area contributed by atoms with E-state index in [9.17, 15) is 0 Å². The molecule has 0 N–H and O–H groups in total. The molecule has 0 bridgehead atoms. The van der Waals surface area contributed by atoms with Gasteiger partial charge < -0.3 is 0 Å². The molecule has 1 heterocycles. The Morgan fingerprint density at radius 2 is 0.878 bits per heavy atom. The molecule has 0 saturated carbocycles. The zero-order valence-corrected chi connectivity index (χ0v) is 23.2. The number of rotatable bonds is 5. The summed E-state index contributed by atoms with van der Waals surface area (Å²) in [7, 11) is -2.94. The van der Waals surface area contributed by atoms with Crippen LogP contribution in [0.15, 0.2) is 178 Å². The molecule has 1 aliphatic rings. The lowest BCUT2D eigenvalue weighted by Gasteiger charge is -2.25. The van der Waals surface area contributed by atoms with Gasteiger partial charge in [-0.1, -0.05) is 133 Å². The van der Waals surface area contributed by atoms with Gasteiger partial charge in [-0.05, 0) is 58.1 Å². The van der Waals surface area contributed by atoms with E-state index < -0.39 is 9.73 Å². The second kappa shape index (κ2) is 10.5. The van der Waals surface area contributed by atoms with Gasteiger partial charge in [-0.25, -0.2) is 4.21 Å². The zero-order chi connectivity index (χ0) is 27.6. The van der Waals surface area contributed by atoms with Gasteiger partial charge in [0.25, 0.3) is 0 Å². The first-order valence-electron chi connectivity index (χ1n) is 13.7. The van der Waals surface area contributed by atoms with E-state index in [-0.39, 0.29) is 0 Å². The van der Waals surface area contributed by atoms with Crippen LogP contribution in [-0.4, -0.2) is 4.21 Å². The molecule has 3 heteroatoms. The van der Waals surface area contributed by atoms with Gasteiger partial charge in [0.05, 0.1) is 15.5 Å². The molecule has 6 aromatic rings. The third-order valence-corrected chi connectivity index (χ3v) is 9.78. The maximum atomic E-state index is 15.0. The van der Waals surface area contributed by atoms with E-state index in [4.69, 9.17) is 4.36 Å². The van der Waals surface area contributed by atoms with Gasteiger partial charge in [0.1, 0.15) is 9.73 Å². The van der Waals surface area contributed by atoms with Gasteiger partial charge in [-0.2, -0.15) is 4.36 Å². The predicted molar refractivity (Wildman–Crippen MR) is 170 cm³/mol. The third-order valence-electron chi connectivity index (χ3n) is 7.48. The Morgan fingerprint density at radius 3 is 1.51 bits per heavy atom. The number of hydrogen-bond donors (Lipinski definition) is 0. The Labute approximate surface area is 241 Å².